The molecule has 2 rings (SSSR count). The summed E-state index contributed by atoms with van der Waals surface area (Å²) in [6.07, 6.45) is 2.74. The Morgan fingerprint density at radius 3 is 2.83 bits per heavy atom. The fraction of sp³-hybridized carbons (Fsp3) is 0.643. The summed E-state index contributed by atoms with van der Waals surface area (Å²) < 4.78 is 14.2. The Kier molecular flexibility index (Phi) is 3.85. The van der Waals surface area contributed by atoms with Crippen LogP contribution in [0.15, 0.2) is 12.3 Å². The van der Waals surface area contributed by atoms with E-state index in [1.54, 1.807) is 6.20 Å². The summed E-state index contributed by atoms with van der Waals surface area (Å²) in [5.74, 6) is 1.06. The number of pyridine rings is 1. The highest BCUT2D eigenvalue weighted by Gasteiger charge is 2.31. The van der Waals surface area contributed by atoms with Crippen molar-refractivity contribution in [2.45, 2.75) is 39.8 Å². The second-order valence-corrected chi connectivity index (χ2v) is 5.48. The number of aromatic nitrogens is 1. The van der Waals surface area contributed by atoms with Crippen molar-refractivity contribution in [3.8, 4) is 0 Å². The summed E-state index contributed by atoms with van der Waals surface area (Å²) >= 11 is 0. The molecule has 1 aliphatic heterocycles. The monoisotopic (exact) mass is 252 g/mol. The number of nitrogens with zero attached hydrogens (tertiary/aromatic N) is 2. The molecule has 1 N–H and O–H groups in total. The SMILES string of the molecule is CC1CC(C)C(C)N(c2nccc(CO)c2F)C1. The summed E-state index contributed by atoms with van der Waals surface area (Å²) in [7, 11) is 0. The summed E-state index contributed by atoms with van der Waals surface area (Å²) in [6, 6.07) is 1.80. The van der Waals surface area contributed by atoms with Gasteiger partial charge in [-0.15, -0.1) is 0 Å². The number of aliphatic hydroxyl groups excluding tert-OH is 1. The molecule has 0 radical (unpaired) electrons. The fourth-order valence-electron chi connectivity index (χ4n) is 2.79. The van der Waals surface area contributed by atoms with Crippen molar-refractivity contribution in [3.05, 3.63) is 23.6 Å². The van der Waals surface area contributed by atoms with E-state index in [1.807, 2.05) is 4.90 Å². The van der Waals surface area contributed by atoms with Gasteiger partial charge in [-0.25, -0.2) is 9.37 Å². The maximum atomic E-state index is 14.2. The van der Waals surface area contributed by atoms with E-state index in [0.717, 1.165) is 6.54 Å². The zero-order valence-corrected chi connectivity index (χ0v) is 11.2. The Bertz CT molecular complexity index is 424. The van der Waals surface area contributed by atoms with Crippen LogP contribution in [0, 0.1) is 17.7 Å². The number of anilines is 1. The number of hydrogen-bond donors (Lipinski definition) is 1. The van der Waals surface area contributed by atoms with E-state index >= 15 is 0 Å². The van der Waals surface area contributed by atoms with Crippen molar-refractivity contribution in [2.24, 2.45) is 11.8 Å². The molecule has 0 saturated carbocycles. The smallest absolute Gasteiger partial charge is 0.171 e. The number of hydrogen-bond acceptors (Lipinski definition) is 3. The minimum Gasteiger partial charge on any atom is -0.392 e. The normalized spacial score (nSPS) is 28.5. The third-order valence-electron chi connectivity index (χ3n) is 3.99. The standard InChI is InChI=1S/C14H21FN2O/c1-9-6-10(2)11(3)17(7-9)14-13(15)12(8-18)4-5-16-14/h4-5,9-11,18H,6-8H2,1-3H3. The van der Waals surface area contributed by atoms with Gasteiger partial charge in [0.1, 0.15) is 0 Å². The van der Waals surface area contributed by atoms with Crippen LogP contribution in [0.3, 0.4) is 0 Å². The quantitative estimate of drug-likeness (QED) is 0.879. The lowest BCUT2D eigenvalue weighted by Gasteiger charge is -2.42. The summed E-state index contributed by atoms with van der Waals surface area (Å²) in [5, 5.41) is 9.12. The molecular formula is C14H21FN2O. The number of halogens is 1. The molecule has 100 valence electrons. The fourth-order valence-corrected chi connectivity index (χ4v) is 2.79. The van der Waals surface area contributed by atoms with Gasteiger partial charge in [0.2, 0.25) is 0 Å². The molecular weight excluding hydrogens is 231 g/mol. The van der Waals surface area contributed by atoms with Gasteiger partial charge in [0, 0.05) is 24.3 Å². The lowest BCUT2D eigenvalue weighted by molar-refractivity contribution is 0.273. The van der Waals surface area contributed by atoms with Crippen molar-refractivity contribution in [3.63, 3.8) is 0 Å². The van der Waals surface area contributed by atoms with Crippen molar-refractivity contribution in [1.29, 1.82) is 0 Å². The first kappa shape index (κ1) is 13.3. The van der Waals surface area contributed by atoms with E-state index in [2.05, 4.69) is 25.8 Å². The summed E-state index contributed by atoms with van der Waals surface area (Å²) in [4.78, 5) is 6.20. The predicted molar refractivity (Wildman–Crippen MR) is 69.9 cm³/mol. The molecule has 3 unspecified atom stereocenters. The van der Waals surface area contributed by atoms with Crippen LogP contribution in [-0.4, -0.2) is 22.7 Å². The Labute approximate surface area is 108 Å². The van der Waals surface area contributed by atoms with Crippen LogP contribution in [0.1, 0.15) is 32.8 Å². The molecule has 1 fully saturated rings. The van der Waals surface area contributed by atoms with Crippen LogP contribution in [0.5, 0.6) is 0 Å². The molecule has 4 heteroatoms. The van der Waals surface area contributed by atoms with E-state index < -0.39 is 0 Å². The van der Waals surface area contributed by atoms with Gasteiger partial charge in [0.25, 0.3) is 0 Å². The average molecular weight is 252 g/mol. The van der Waals surface area contributed by atoms with Crippen molar-refractivity contribution >= 4 is 5.82 Å². The van der Waals surface area contributed by atoms with Gasteiger partial charge in [-0.1, -0.05) is 13.8 Å². The highest BCUT2D eigenvalue weighted by Crippen LogP contribution is 2.32. The van der Waals surface area contributed by atoms with E-state index in [9.17, 15) is 4.39 Å². The van der Waals surface area contributed by atoms with E-state index in [-0.39, 0.29) is 18.5 Å². The van der Waals surface area contributed by atoms with Gasteiger partial charge < -0.3 is 10.0 Å². The van der Waals surface area contributed by atoms with E-state index in [4.69, 9.17) is 5.11 Å². The summed E-state index contributed by atoms with van der Waals surface area (Å²) in [5.41, 5.74) is 0.318. The molecule has 3 atom stereocenters. The van der Waals surface area contributed by atoms with E-state index in [0.29, 0.717) is 23.2 Å². The lowest BCUT2D eigenvalue weighted by atomic mass is 9.86. The molecule has 18 heavy (non-hydrogen) atoms. The third-order valence-corrected chi connectivity index (χ3v) is 3.99. The van der Waals surface area contributed by atoms with Gasteiger partial charge in [-0.2, -0.15) is 0 Å². The topological polar surface area (TPSA) is 36.4 Å². The zero-order valence-electron chi connectivity index (χ0n) is 11.2. The highest BCUT2D eigenvalue weighted by atomic mass is 19.1. The second kappa shape index (κ2) is 5.22. The van der Waals surface area contributed by atoms with Gasteiger partial charge in [-0.05, 0) is 31.2 Å². The third kappa shape index (κ3) is 2.34. The van der Waals surface area contributed by atoms with Crippen molar-refractivity contribution in [2.75, 3.05) is 11.4 Å². The van der Waals surface area contributed by atoms with Gasteiger partial charge in [0.05, 0.1) is 6.61 Å². The molecule has 0 amide bonds. The molecule has 1 aliphatic rings. The predicted octanol–water partition coefficient (Wildman–Crippen LogP) is 2.58. The Morgan fingerprint density at radius 2 is 2.17 bits per heavy atom. The van der Waals surface area contributed by atoms with Crippen LogP contribution in [0.25, 0.3) is 0 Å². The molecule has 0 aromatic carbocycles. The summed E-state index contributed by atoms with van der Waals surface area (Å²) in [6.45, 7) is 7.03. The van der Waals surface area contributed by atoms with E-state index in [1.165, 1.54) is 12.5 Å². The number of piperidine rings is 1. The van der Waals surface area contributed by atoms with Crippen molar-refractivity contribution < 1.29 is 9.50 Å². The van der Waals surface area contributed by atoms with Crippen LogP contribution in [-0.2, 0) is 6.61 Å². The highest BCUT2D eigenvalue weighted by molar-refractivity contribution is 5.44. The minimum atomic E-state index is -0.381. The minimum absolute atomic E-state index is 0.275. The Balaban J connectivity index is 2.35. The maximum Gasteiger partial charge on any atom is 0.171 e. The molecule has 0 spiro atoms. The molecule has 2 heterocycles. The van der Waals surface area contributed by atoms with Gasteiger partial charge in [-0.3, -0.25) is 0 Å². The zero-order chi connectivity index (χ0) is 13.3. The first-order valence-corrected chi connectivity index (χ1v) is 6.55. The van der Waals surface area contributed by atoms with Gasteiger partial charge in [0.15, 0.2) is 11.6 Å². The molecule has 1 saturated heterocycles. The first-order valence-electron chi connectivity index (χ1n) is 6.55. The first-order chi connectivity index (χ1) is 8.54. The molecule has 1 aromatic rings. The van der Waals surface area contributed by atoms with Crippen LogP contribution in [0.4, 0.5) is 10.2 Å². The van der Waals surface area contributed by atoms with Crippen molar-refractivity contribution in [1.82, 2.24) is 4.98 Å². The largest absolute Gasteiger partial charge is 0.392 e. The molecule has 0 bridgehead atoms. The number of aliphatic hydroxyl groups is 1. The van der Waals surface area contributed by atoms with Crippen LogP contribution < -0.4 is 4.90 Å². The lowest BCUT2D eigenvalue weighted by Crippen LogP contribution is -2.46. The average Bonchev–Trinajstić information content (AvgIpc) is 2.34. The molecule has 3 nitrogen and oxygen atoms in total. The maximum absolute atomic E-state index is 14.2. The second-order valence-electron chi connectivity index (χ2n) is 5.48. The van der Waals surface area contributed by atoms with Gasteiger partial charge >= 0.3 is 0 Å². The van der Waals surface area contributed by atoms with Crippen LogP contribution >= 0.6 is 0 Å². The molecule has 0 aliphatic carbocycles. The Morgan fingerprint density at radius 1 is 1.44 bits per heavy atom. The van der Waals surface area contributed by atoms with Crippen LogP contribution in [0.2, 0.25) is 0 Å². The number of rotatable bonds is 2. The Hall–Kier alpha value is -1.16. The molecule has 1 aromatic heterocycles.